The smallest absolute Gasteiger partial charge is 0.285 e. The fourth-order valence-electron chi connectivity index (χ4n) is 5.14. The topological polar surface area (TPSA) is 50.0 Å². The van der Waals surface area contributed by atoms with Crippen molar-refractivity contribution >= 4 is 16.6 Å². The molecule has 6 nitrogen and oxygen atoms in total. The highest BCUT2D eigenvalue weighted by Crippen LogP contribution is 2.33. The Hall–Kier alpha value is -3.38. The molecule has 0 radical (unpaired) electrons. The molecule has 1 N–H and O–H groups in total. The van der Waals surface area contributed by atoms with Crippen molar-refractivity contribution in [1.29, 1.82) is 0 Å². The molecule has 2 aromatic carbocycles. The number of H-pyrrole nitrogens is 1. The lowest BCUT2D eigenvalue weighted by atomic mass is 10.1. The lowest BCUT2D eigenvalue weighted by molar-refractivity contribution is 0.0551. The summed E-state index contributed by atoms with van der Waals surface area (Å²) in [4.78, 5) is 8.39. The maximum Gasteiger partial charge on any atom is 0.285 e. The molecule has 3 aliphatic heterocycles. The van der Waals surface area contributed by atoms with E-state index in [4.69, 9.17) is 14.2 Å². The summed E-state index contributed by atoms with van der Waals surface area (Å²) in [6.07, 6.45) is 9.14. The number of aromatic nitrogens is 1. The van der Waals surface area contributed by atoms with Gasteiger partial charge in [-0.15, -0.1) is 0 Å². The van der Waals surface area contributed by atoms with Crippen molar-refractivity contribution in [2.75, 3.05) is 44.2 Å². The summed E-state index contributed by atoms with van der Waals surface area (Å²) in [5.41, 5.74) is 3.78. The number of ether oxygens (including phenoxy) is 3. The zero-order valence-electron chi connectivity index (χ0n) is 19.4. The third kappa shape index (κ3) is 4.38. The minimum atomic E-state index is -0.0139. The summed E-state index contributed by atoms with van der Waals surface area (Å²) >= 11 is 0. The second-order valence-corrected chi connectivity index (χ2v) is 9.16. The summed E-state index contributed by atoms with van der Waals surface area (Å²) in [6, 6.07) is 16.8. The van der Waals surface area contributed by atoms with Gasteiger partial charge in [-0.25, -0.2) is 0 Å². The number of benzene rings is 2. The van der Waals surface area contributed by atoms with Gasteiger partial charge in [0.25, 0.3) is 5.95 Å². The van der Waals surface area contributed by atoms with E-state index < -0.39 is 0 Å². The fraction of sp³-hybridized carbons (Fsp3) is 0.357. The van der Waals surface area contributed by atoms with Crippen LogP contribution in [0.4, 0.5) is 5.69 Å². The quantitative estimate of drug-likeness (QED) is 0.550. The molecule has 3 aliphatic rings. The number of para-hydroxylation sites is 3. The minimum Gasteiger partial charge on any atom is -0.494 e. The lowest BCUT2D eigenvalue weighted by Crippen LogP contribution is -2.46. The zero-order valence-corrected chi connectivity index (χ0v) is 19.4. The maximum absolute atomic E-state index is 6.20. The van der Waals surface area contributed by atoms with Crippen molar-refractivity contribution < 1.29 is 14.2 Å². The molecule has 0 amide bonds. The number of allylic oxidation sites excluding steroid dienone is 2. The Morgan fingerprint density at radius 3 is 2.76 bits per heavy atom. The van der Waals surface area contributed by atoms with Gasteiger partial charge < -0.3 is 24.1 Å². The molecule has 1 unspecified atom stereocenters. The van der Waals surface area contributed by atoms with Gasteiger partial charge in [0.05, 0.1) is 12.3 Å². The van der Waals surface area contributed by atoms with Crippen LogP contribution in [0.25, 0.3) is 10.9 Å². The Labute approximate surface area is 200 Å². The summed E-state index contributed by atoms with van der Waals surface area (Å²) in [6.45, 7) is 5.95. The second-order valence-electron chi connectivity index (χ2n) is 9.16. The maximum atomic E-state index is 6.20. The molecule has 0 saturated carbocycles. The molecule has 1 atom stereocenters. The van der Waals surface area contributed by atoms with Crippen molar-refractivity contribution in [3.05, 3.63) is 84.1 Å². The second kappa shape index (κ2) is 9.47. The molecule has 0 spiro atoms. The van der Waals surface area contributed by atoms with Gasteiger partial charge in [-0.3, -0.25) is 4.90 Å². The number of nitrogens with zero attached hydrogens (tertiary/aromatic N) is 2. The first-order valence-corrected chi connectivity index (χ1v) is 12.3. The van der Waals surface area contributed by atoms with E-state index in [2.05, 4.69) is 57.4 Å². The molecule has 0 aliphatic carbocycles. The lowest BCUT2D eigenvalue weighted by Gasteiger charge is -2.36. The van der Waals surface area contributed by atoms with Gasteiger partial charge >= 0.3 is 0 Å². The first-order valence-electron chi connectivity index (χ1n) is 12.3. The highest BCUT2D eigenvalue weighted by Gasteiger charge is 2.29. The van der Waals surface area contributed by atoms with E-state index in [1.165, 1.54) is 22.9 Å². The fourth-order valence-corrected chi connectivity index (χ4v) is 5.14. The van der Waals surface area contributed by atoms with Crippen molar-refractivity contribution in [2.24, 2.45) is 0 Å². The van der Waals surface area contributed by atoms with E-state index in [1.807, 2.05) is 24.3 Å². The van der Waals surface area contributed by atoms with E-state index in [0.29, 0.717) is 12.6 Å². The first-order chi connectivity index (χ1) is 16.8. The van der Waals surface area contributed by atoms with Crippen molar-refractivity contribution in [3.8, 4) is 5.75 Å². The minimum absolute atomic E-state index is 0.0139. The zero-order chi connectivity index (χ0) is 22.7. The number of aromatic amines is 1. The van der Waals surface area contributed by atoms with Crippen molar-refractivity contribution in [2.45, 2.75) is 25.4 Å². The number of hydrogen-bond donors (Lipinski definition) is 1. The number of hydrogen-bond acceptors (Lipinski definition) is 5. The van der Waals surface area contributed by atoms with E-state index in [-0.39, 0.29) is 6.10 Å². The van der Waals surface area contributed by atoms with Gasteiger partial charge in [-0.1, -0.05) is 30.3 Å². The molecule has 3 aromatic rings. The Morgan fingerprint density at radius 1 is 0.971 bits per heavy atom. The van der Waals surface area contributed by atoms with Crippen LogP contribution < -0.4 is 9.64 Å². The number of anilines is 1. The van der Waals surface area contributed by atoms with Crippen molar-refractivity contribution in [1.82, 2.24) is 9.88 Å². The van der Waals surface area contributed by atoms with Crippen LogP contribution in [0.1, 0.15) is 18.4 Å². The summed E-state index contributed by atoms with van der Waals surface area (Å²) in [5.74, 6) is 2.29. The monoisotopic (exact) mass is 457 g/mol. The van der Waals surface area contributed by atoms with Crippen LogP contribution in [0.5, 0.6) is 5.75 Å². The van der Waals surface area contributed by atoms with E-state index in [1.54, 1.807) is 0 Å². The number of aryl methyl sites for hydroxylation is 1. The van der Waals surface area contributed by atoms with Crippen molar-refractivity contribution in [3.63, 3.8) is 0 Å². The molecule has 0 bridgehead atoms. The predicted molar refractivity (Wildman–Crippen MR) is 134 cm³/mol. The highest BCUT2D eigenvalue weighted by atomic mass is 16.7. The van der Waals surface area contributed by atoms with Crippen LogP contribution in [-0.2, 0) is 15.9 Å². The SMILES string of the molecule is C1=C(Oc2ccccc2N2CCN(CCCc3c[nH]c4ccccc34)CC2)OC2CCOC2=C1. The molecule has 2 saturated heterocycles. The highest BCUT2D eigenvalue weighted by molar-refractivity contribution is 5.83. The summed E-state index contributed by atoms with van der Waals surface area (Å²) in [5, 5.41) is 1.35. The number of piperazine rings is 1. The van der Waals surface area contributed by atoms with E-state index >= 15 is 0 Å². The largest absolute Gasteiger partial charge is 0.494 e. The average Bonchev–Trinajstić information content (AvgIpc) is 3.52. The van der Waals surface area contributed by atoms with Crippen LogP contribution in [0.2, 0.25) is 0 Å². The van der Waals surface area contributed by atoms with Gasteiger partial charge in [-0.2, -0.15) is 0 Å². The van der Waals surface area contributed by atoms with E-state index in [0.717, 1.165) is 62.8 Å². The van der Waals surface area contributed by atoms with Gasteiger partial charge in [0.1, 0.15) is 5.76 Å². The molecular weight excluding hydrogens is 426 g/mol. The van der Waals surface area contributed by atoms with Crippen LogP contribution >= 0.6 is 0 Å². The third-order valence-electron chi connectivity index (χ3n) is 6.99. The molecule has 34 heavy (non-hydrogen) atoms. The Bertz CT molecular complexity index is 1210. The first kappa shape index (κ1) is 21.2. The molecule has 2 fully saturated rings. The number of fused-ring (bicyclic) bond motifs is 2. The Balaban J connectivity index is 1.03. The van der Waals surface area contributed by atoms with Crippen LogP contribution in [0, 0.1) is 0 Å². The molecule has 1 aromatic heterocycles. The van der Waals surface area contributed by atoms with Gasteiger partial charge in [0, 0.05) is 55.8 Å². The van der Waals surface area contributed by atoms with Crippen LogP contribution in [0.3, 0.4) is 0 Å². The van der Waals surface area contributed by atoms with Gasteiger partial charge in [-0.05, 0) is 49.2 Å². The standard InChI is InChI=1S/C28H31N3O3/c1-2-8-23-22(7-1)21(20-29-23)6-5-14-30-15-17-31(18-16-30)24-9-3-4-10-25(24)33-28-12-11-26-27(34-28)13-19-32-26/h1-4,7-12,20,27,29H,5-6,13-19H2. The molecule has 6 rings (SSSR count). The van der Waals surface area contributed by atoms with Crippen LogP contribution in [-0.4, -0.2) is 55.3 Å². The third-order valence-corrected chi connectivity index (χ3v) is 6.99. The molecule has 176 valence electrons. The van der Waals surface area contributed by atoms with Gasteiger partial charge in [0.15, 0.2) is 11.9 Å². The van der Waals surface area contributed by atoms with Gasteiger partial charge in [0.2, 0.25) is 0 Å². The Kier molecular flexibility index (Phi) is 5.90. The Morgan fingerprint density at radius 2 is 1.82 bits per heavy atom. The predicted octanol–water partition coefficient (Wildman–Crippen LogP) is 4.85. The number of nitrogens with one attached hydrogen (secondary N) is 1. The molecule has 6 heteroatoms. The van der Waals surface area contributed by atoms with Crippen LogP contribution in [0.15, 0.2) is 78.6 Å². The molecule has 4 heterocycles. The normalized spacial score (nSPS) is 20.4. The van der Waals surface area contributed by atoms with E-state index in [9.17, 15) is 0 Å². The summed E-state index contributed by atoms with van der Waals surface area (Å²) in [7, 11) is 0. The summed E-state index contributed by atoms with van der Waals surface area (Å²) < 4.78 is 17.8. The number of rotatable bonds is 7. The molecular formula is C28H31N3O3. The average molecular weight is 458 g/mol.